The van der Waals surface area contributed by atoms with Gasteiger partial charge in [0, 0.05) is 36.9 Å². The molecule has 9 nitrogen and oxygen atoms in total. The summed E-state index contributed by atoms with van der Waals surface area (Å²) in [6.45, 7) is 6.30. The van der Waals surface area contributed by atoms with Crippen LogP contribution in [0.25, 0.3) is 22.0 Å². The molecule has 0 unspecified atom stereocenters. The van der Waals surface area contributed by atoms with Gasteiger partial charge in [0.25, 0.3) is 5.56 Å². The molecule has 33 heavy (non-hydrogen) atoms. The van der Waals surface area contributed by atoms with Gasteiger partial charge in [-0.2, -0.15) is 0 Å². The molecule has 1 aliphatic heterocycles. The number of benzene rings is 1. The lowest BCUT2D eigenvalue weighted by Crippen LogP contribution is -2.40. The second kappa shape index (κ2) is 9.11. The number of pyridine rings is 1. The summed E-state index contributed by atoms with van der Waals surface area (Å²) in [7, 11) is -2.09. The van der Waals surface area contributed by atoms with E-state index in [4.69, 9.17) is 4.74 Å². The topological polar surface area (TPSA) is 106 Å². The second-order valence-corrected chi connectivity index (χ2v) is 10.5. The predicted octanol–water partition coefficient (Wildman–Crippen LogP) is 2.88. The van der Waals surface area contributed by atoms with E-state index in [0.29, 0.717) is 22.5 Å². The van der Waals surface area contributed by atoms with E-state index in [1.54, 1.807) is 35.3 Å². The first-order valence-electron chi connectivity index (χ1n) is 10.9. The molecule has 1 fully saturated rings. The minimum Gasteiger partial charge on any atom is -0.480 e. The first-order valence-corrected chi connectivity index (χ1v) is 12.8. The average molecular weight is 472 g/mol. The van der Waals surface area contributed by atoms with Crippen LogP contribution in [0.5, 0.6) is 5.88 Å². The number of hydrogen-bond donors (Lipinski definition) is 1. The summed E-state index contributed by atoms with van der Waals surface area (Å²) in [5.74, 6) is 0.168. The summed E-state index contributed by atoms with van der Waals surface area (Å²) in [6.07, 6.45) is 6.13. The lowest BCUT2D eigenvalue weighted by Gasteiger charge is -2.35. The number of piperidine rings is 1. The lowest BCUT2D eigenvalue weighted by molar-refractivity contribution is 0.150. The van der Waals surface area contributed by atoms with Crippen molar-refractivity contribution in [1.29, 1.82) is 0 Å². The van der Waals surface area contributed by atoms with Crippen LogP contribution in [0, 0.1) is 0 Å². The zero-order valence-electron chi connectivity index (χ0n) is 19.3. The van der Waals surface area contributed by atoms with Crippen LogP contribution < -0.4 is 15.0 Å². The molecule has 1 N–H and O–H groups in total. The van der Waals surface area contributed by atoms with Crippen molar-refractivity contribution in [1.82, 2.24) is 19.4 Å². The zero-order chi connectivity index (χ0) is 23.8. The van der Waals surface area contributed by atoms with Crippen molar-refractivity contribution in [2.24, 2.45) is 0 Å². The number of aromatic nitrogens is 3. The van der Waals surface area contributed by atoms with Crippen molar-refractivity contribution < 1.29 is 13.2 Å². The molecule has 1 aliphatic rings. The van der Waals surface area contributed by atoms with Crippen molar-refractivity contribution in [3.8, 4) is 17.0 Å². The van der Waals surface area contributed by atoms with E-state index in [1.165, 1.54) is 7.11 Å². The number of methoxy groups -OCH3 is 1. The molecule has 1 aromatic carbocycles. The third kappa shape index (κ3) is 5.01. The van der Waals surface area contributed by atoms with Gasteiger partial charge in [-0.25, -0.2) is 18.4 Å². The number of ether oxygens (including phenoxy) is 1. The van der Waals surface area contributed by atoms with Crippen LogP contribution in [-0.2, 0) is 10.0 Å². The number of fused-ring (bicyclic) bond motifs is 1. The van der Waals surface area contributed by atoms with Gasteiger partial charge in [-0.3, -0.25) is 14.1 Å². The SMILES string of the molecule is COc1ncc(-c2ccc3ncn(C4CCN(C(C)C)CC4)c(=O)c3c2)cc1NS(C)(=O)=O. The molecule has 0 aliphatic carbocycles. The summed E-state index contributed by atoms with van der Waals surface area (Å²) >= 11 is 0. The Morgan fingerprint density at radius 2 is 1.85 bits per heavy atom. The van der Waals surface area contributed by atoms with E-state index in [9.17, 15) is 13.2 Å². The van der Waals surface area contributed by atoms with E-state index in [1.807, 2.05) is 6.07 Å². The quantitative estimate of drug-likeness (QED) is 0.589. The summed E-state index contributed by atoms with van der Waals surface area (Å²) < 4.78 is 32.8. The van der Waals surface area contributed by atoms with Gasteiger partial charge >= 0.3 is 0 Å². The largest absolute Gasteiger partial charge is 0.480 e. The highest BCUT2D eigenvalue weighted by molar-refractivity contribution is 7.92. The van der Waals surface area contributed by atoms with Crippen molar-refractivity contribution in [2.75, 3.05) is 31.2 Å². The molecule has 0 saturated carbocycles. The molecule has 0 bridgehead atoms. The number of hydrogen-bond acceptors (Lipinski definition) is 7. The average Bonchev–Trinajstić information content (AvgIpc) is 2.78. The normalized spacial score (nSPS) is 15.8. The van der Waals surface area contributed by atoms with Crippen LogP contribution in [0.3, 0.4) is 0 Å². The molecule has 3 aromatic rings. The molecule has 176 valence electrons. The molecule has 3 heterocycles. The van der Waals surface area contributed by atoms with Gasteiger partial charge in [-0.05, 0) is 50.5 Å². The summed E-state index contributed by atoms with van der Waals surface area (Å²) in [5.41, 5.74) is 2.18. The number of nitrogens with zero attached hydrogens (tertiary/aromatic N) is 4. The van der Waals surface area contributed by atoms with Crippen molar-refractivity contribution >= 4 is 26.6 Å². The van der Waals surface area contributed by atoms with Crippen molar-refractivity contribution in [3.05, 3.63) is 47.1 Å². The Labute approximate surface area is 193 Å². The molecule has 0 radical (unpaired) electrons. The number of likely N-dealkylation sites (tertiary alicyclic amines) is 1. The fraction of sp³-hybridized carbons (Fsp3) is 0.435. The van der Waals surface area contributed by atoms with Crippen LogP contribution in [-0.4, -0.2) is 60.3 Å². The number of anilines is 1. The van der Waals surface area contributed by atoms with Crippen LogP contribution >= 0.6 is 0 Å². The highest BCUT2D eigenvalue weighted by atomic mass is 32.2. The van der Waals surface area contributed by atoms with Crippen LogP contribution in [0.15, 0.2) is 41.6 Å². The fourth-order valence-corrected chi connectivity index (χ4v) is 4.85. The van der Waals surface area contributed by atoms with E-state index >= 15 is 0 Å². The third-order valence-corrected chi connectivity index (χ3v) is 6.67. The highest BCUT2D eigenvalue weighted by Gasteiger charge is 2.23. The van der Waals surface area contributed by atoms with E-state index < -0.39 is 10.0 Å². The van der Waals surface area contributed by atoms with Crippen LogP contribution in [0.1, 0.15) is 32.7 Å². The Morgan fingerprint density at radius 1 is 1.12 bits per heavy atom. The summed E-state index contributed by atoms with van der Waals surface area (Å²) in [4.78, 5) is 24.5. The minimum atomic E-state index is -3.51. The van der Waals surface area contributed by atoms with E-state index in [2.05, 4.69) is 33.4 Å². The van der Waals surface area contributed by atoms with Gasteiger partial charge < -0.3 is 9.64 Å². The summed E-state index contributed by atoms with van der Waals surface area (Å²) in [6, 6.07) is 7.70. The maximum atomic E-state index is 13.4. The standard InChI is InChI=1S/C23H29N5O4S/c1-15(2)27-9-7-18(8-10-27)28-14-25-20-6-5-16(11-19(20)23(28)29)17-12-21(26-33(4,30)31)22(32-3)24-13-17/h5-6,11-15,18,26H,7-10H2,1-4H3. The Balaban J connectivity index is 1.70. The first-order chi connectivity index (χ1) is 15.7. The predicted molar refractivity (Wildman–Crippen MR) is 129 cm³/mol. The molecule has 1 saturated heterocycles. The Kier molecular flexibility index (Phi) is 6.40. The number of rotatable bonds is 6. The fourth-order valence-electron chi connectivity index (χ4n) is 4.30. The van der Waals surface area contributed by atoms with Crippen molar-refractivity contribution in [3.63, 3.8) is 0 Å². The van der Waals surface area contributed by atoms with E-state index in [0.717, 1.165) is 37.8 Å². The molecule has 4 rings (SSSR count). The highest BCUT2D eigenvalue weighted by Crippen LogP contribution is 2.30. The maximum Gasteiger partial charge on any atom is 0.261 e. The van der Waals surface area contributed by atoms with Gasteiger partial charge in [-0.15, -0.1) is 0 Å². The van der Waals surface area contributed by atoms with Crippen molar-refractivity contribution in [2.45, 2.75) is 38.8 Å². The molecule has 0 atom stereocenters. The first kappa shape index (κ1) is 23.2. The Bertz CT molecular complexity index is 1330. The zero-order valence-corrected chi connectivity index (χ0v) is 20.1. The van der Waals surface area contributed by atoms with Gasteiger partial charge in [0.2, 0.25) is 15.9 Å². The molecule has 0 spiro atoms. The lowest BCUT2D eigenvalue weighted by atomic mass is 10.0. The minimum absolute atomic E-state index is 0.0687. The van der Waals surface area contributed by atoms with E-state index in [-0.39, 0.29) is 23.2 Å². The molecule has 2 aromatic heterocycles. The third-order valence-electron chi connectivity index (χ3n) is 6.08. The van der Waals surface area contributed by atoms with Gasteiger partial charge in [0.1, 0.15) is 5.69 Å². The molecular weight excluding hydrogens is 442 g/mol. The molecule has 10 heteroatoms. The monoisotopic (exact) mass is 471 g/mol. The molecular formula is C23H29N5O4S. The Morgan fingerprint density at radius 3 is 2.48 bits per heavy atom. The van der Waals surface area contributed by atoms with Gasteiger partial charge in [-0.1, -0.05) is 6.07 Å². The number of nitrogens with one attached hydrogen (secondary N) is 1. The molecule has 0 amide bonds. The van der Waals surface area contributed by atoms with Gasteiger partial charge in [0.15, 0.2) is 0 Å². The van der Waals surface area contributed by atoms with Crippen LogP contribution in [0.4, 0.5) is 5.69 Å². The van der Waals surface area contributed by atoms with Gasteiger partial charge in [0.05, 0.1) is 30.6 Å². The summed E-state index contributed by atoms with van der Waals surface area (Å²) in [5, 5.41) is 0.523. The Hall–Kier alpha value is -2.98. The second-order valence-electron chi connectivity index (χ2n) is 8.70. The smallest absolute Gasteiger partial charge is 0.261 e. The number of sulfonamides is 1. The van der Waals surface area contributed by atoms with Crippen LogP contribution in [0.2, 0.25) is 0 Å². The maximum absolute atomic E-state index is 13.4.